The SMILES string of the molecule is CCCCc1cn(C(C)(C)C)s/c1=N\C(=O)[C@@]1(C)CC[C@@H](C(=O)OC)C1(C)C. The number of hydrogen-bond donors (Lipinski definition) is 0. The number of methoxy groups -OCH3 is 1. The van der Waals surface area contributed by atoms with Crippen molar-refractivity contribution in [2.24, 2.45) is 21.7 Å². The fraction of sp³-hybridized carbons (Fsp3) is 0.773. The molecule has 2 rings (SSSR count). The molecule has 0 unspecified atom stereocenters. The Morgan fingerprint density at radius 3 is 2.50 bits per heavy atom. The minimum atomic E-state index is -0.676. The number of ether oxygens (including phenoxy) is 1. The molecule has 28 heavy (non-hydrogen) atoms. The van der Waals surface area contributed by atoms with Gasteiger partial charge in [-0.15, -0.1) is 0 Å². The van der Waals surface area contributed by atoms with Crippen LogP contribution in [-0.2, 0) is 26.3 Å². The van der Waals surface area contributed by atoms with Crippen LogP contribution in [0.4, 0.5) is 0 Å². The maximum absolute atomic E-state index is 13.4. The third-order valence-electron chi connectivity index (χ3n) is 6.58. The number of hydrogen-bond acceptors (Lipinski definition) is 4. The molecular formula is C22H36N2O3S. The fourth-order valence-electron chi connectivity index (χ4n) is 3.99. The molecule has 6 heteroatoms. The molecule has 1 saturated carbocycles. The van der Waals surface area contributed by atoms with Crippen molar-refractivity contribution in [1.29, 1.82) is 0 Å². The highest BCUT2D eigenvalue weighted by Crippen LogP contribution is 2.56. The van der Waals surface area contributed by atoms with Crippen molar-refractivity contribution in [2.75, 3.05) is 7.11 Å². The Bertz CT molecular complexity index is 797. The molecule has 1 fully saturated rings. The van der Waals surface area contributed by atoms with E-state index in [1.807, 2.05) is 20.8 Å². The van der Waals surface area contributed by atoms with Crippen LogP contribution in [0.3, 0.4) is 0 Å². The van der Waals surface area contributed by atoms with E-state index < -0.39 is 10.8 Å². The summed E-state index contributed by atoms with van der Waals surface area (Å²) in [5.74, 6) is -0.625. The number of nitrogens with zero attached hydrogens (tertiary/aromatic N) is 2. The Kier molecular flexibility index (Phi) is 6.64. The zero-order valence-electron chi connectivity index (χ0n) is 18.7. The lowest BCUT2D eigenvalue weighted by molar-refractivity contribution is -0.151. The summed E-state index contributed by atoms with van der Waals surface area (Å²) in [7, 11) is 1.41. The summed E-state index contributed by atoms with van der Waals surface area (Å²) in [5.41, 5.74) is -0.0833. The Labute approximate surface area is 173 Å². The van der Waals surface area contributed by atoms with Gasteiger partial charge < -0.3 is 4.74 Å². The molecule has 1 aromatic rings. The number of aryl methyl sites for hydroxylation is 1. The van der Waals surface area contributed by atoms with Gasteiger partial charge in [-0.05, 0) is 63.4 Å². The van der Waals surface area contributed by atoms with Gasteiger partial charge in [0.05, 0.1) is 18.4 Å². The van der Waals surface area contributed by atoms with Gasteiger partial charge in [0.2, 0.25) is 0 Å². The van der Waals surface area contributed by atoms with Gasteiger partial charge in [0.25, 0.3) is 5.91 Å². The number of esters is 1. The van der Waals surface area contributed by atoms with Crippen molar-refractivity contribution >= 4 is 23.4 Å². The highest BCUT2D eigenvalue weighted by molar-refractivity contribution is 7.04. The van der Waals surface area contributed by atoms with Crippen molar-refractivity contribution in [3.8, 4) is 0 Å². The predicted octanol–water partition coefficient (Wildman–Crippen LogP) is 4.69. The van der Waals surface area contributed by atoms with Gasteiger partial charge in [-0.2, -0.15) is 0 Å². The zero-order chi connectivity index (χ0) is 21.3. The Hall–Kier alpha value is -1.43. The maximum atomic E-state index is 13.4. The van der Waals surface area contributed by atoms with Crippen molar-refractivity contribution in [3.05, 3.63) is 16.4 Å². The second kappa shape index (κ2) is 8.13. The van der Waals surface area contributed by atoms with E-state index in [9.17, 15) is 9.59 Å². The Morgan fingerprint density at radius 2 is 1.96 bits per heavy atom. The molecule has 0 spiro atoms. The molecule has 1 heterocycles. The van der Waals surface area contributed by atoms with E-state index in [1.165, 1.54) is 7.11 Å². The van der Waals surface area contributed by atoms with Crippen molar-refractivity contribution < 1.29 is 14.3 Å². The van der Waals surface area contributed by atoms with Crippen molar-refractivity contribution in [1.82, 2.24) is 3.96 Å². The van der Waals surface area contributed by atoms with E-state index in [4.69, 9.17) is 4.74 Å². The van der Waals surface area contributed by atoms with Crippen LogP contribution in [-0.4, -0.2) is 22.9 Å². The number of amides is 1. The van der Waals surface area contributed by atoms with Gasteiger partial charge in [0.15, 0.2) is 0 Å². The van der Waals surface area contributed by atoms with E-state index in [1.54, 1.807) is 11.5 Å². The van der Waals surface area contributed by atoms with Gasteiger partial charge >= 0.3 is 5.97 Å². The normalized spacial score (nSPS) is 25.1. The molecule has 1 aliphatic rings. The zero-order valence-corrected chi connectivity index (χ0v) is 19.5. The summed E-state index contributed by atoms with van der Waals surface area (Å²) in [6.45, 7) is 14.6. The van der Waals surface area contributed by atoms with Gasteiger partial charge in [-0.25, -0.2) is 4.99 Å². The van der Waals surface area contributed by atoms with Gasteiger partial charge in [-0.3, -0.25) is 13.5 Å². The quantitative estimate of drug-likeness (QED) is 0.664. The average Bonchev–Trinajstić information content (AvgIpc) is 3.12. The molecule has 0 N–H and O–H groups in total. The lowest BCUT2D eigenvalue weighted by atomic mass is 9.65. The monoisotopic (exact) mass is 408 g/mol. The van der Waals surface area contributed by atoms with Gasteiger partial charge in [0.1, 0.15) is 4.67 Å². The molecule has 0 bridgehead atoms. The minimum absolute atomic E-state index is 0.0467. The highest BCUT2D eigenvalue weighted by atomic mass is 32.1. The summed E-state index contributed by atoms with van der Waals surface area (Å²) in [6, 6.07) is 0. The van der Waals surface area contributed by atoms with Gasteiger partial charge in [-0.1, -0.05) is 34.1 Å². The number of carbonyl (C=O) groups excluding carboxylic acids is 2. The second-order valence-electron chi connectivity index (χ2n) is 9.74. The molecule has 1 aromatic heterocycles. The standard InChI is InChI=1S/C22H36N2O3S/c1-9-10-11-15-14-24(20(2,3)4)28-17(15)23-19(26)22(7)13-12-16(18(25)27-8)21(22,5)6/h14,16H,9-13H2,1-8H3/b23-17-/t16-,22+/m0/s1. The summed E-state index contributed by atoms with van der Waals surface area (Å²) in [6.07, 6.45) is 6.55. The van der Waals surface area contributed by atoms with E-state index in [-0.39, 0.29) is 23.3 Å². The van der Waals surface area contributed by atoms with Crippen molar-refractivity contribution in [3.63, 3.8) is 0 Å². The van der Waals surface area contributed by atoms with E-state index >= 15 is 0 Å². The lowest BCUT2D eigenvalue weighted by Gasteiger charge is -2.38. The first-order valence-corrected chi connectivity index (χ1v) is 11.0. The van der Waals surface area contributed by atoms with Crippen molar-refractivity contribution in [2.45, 2.75) is 86.1 Å². The molecular weight excluding hydrogens is 372 g/mol. The number of carbonyl (C=O) groups is 2. The highest BCUT2D eigenvalue weighted by Gasteiger charge is 2.58. The van der Waals surface area contributed by atoms with E-state index in [0.717, 1.165) is 29.5 Å². The summed E-state index contributed by atoms with van der Waals surface area (Å²) in [4.78, 5) is 30.2. The average molecular weight is 409 g/mol. The van der Waals surface area contributed by atoms with E-state index in [2.05, 4.69) is 42.8 Å². The van der Waals surface area contributed by atoms with Gasteiger partial charge in [0, 0.05) is 17.3 Å². The first-order chi connectivity index (χ1) is 12.9. The first-order valence-electron chi connectivity index (χ1n) is 10.3. The predicted molar refractivity (Wildman–Crippen MR) is 113 cm³/mol. The fourth-order valence-corrected chi connectivity index (χ4v) is 5.03. The molecule has 158 valence electrons. The van der Waals surface area contributed by atoms with Crippen LogP contribution in [0.1, 0.15) is 79.7 Å². The molecule has 0 radical (unpaired) electrons. The molecule has 0 aliphatic heterocycles. The molecule has 5 nitrogen and oxygen atoms in total. The summed E-state index contributed by atoms with van der Waals surface area (Å²) in [5, 5.41) is 0. The molecule has 2 atom stereocenters. The van der Waals surface area contributed by atoms with Crippen LogP contribution < -0.4 is 4.67 Å². The van der Waals surface area contributed by atoms with Crippen LogP contribution in [0.5, 0.6) is 0 Å². The molecule has 1 amide bonds. The summed E-state index contributed by atoms with van der Waals surface area (Å²) >= 11 is 1.55. The van der Waals surface area contributed by atoms with Crippen LogP contribution >= 0.6 is 11.5 Å². The number of unbranched alkanes of at least 4 members (excludes halogenated alkanes) is 1. The largest absolute Gasteiger partial charge is 0.469 e. The van der Waals surface area contributed by atoms with Crippen LogP contribution in [0.2, 0.25) is 0 Å². The molecule has 0 aromatic carbocycles. The topological polar surface area (TPSA) is 60.7 Å². The maximum Gasteiger partial charge on any atom is 0.309 e. The van der Waals surface area contributed by atoms with Crippen LogP contribution in [0, 0.1) is 16.7 Å². The summed E-state index contributed by atoms with van der Waals surface area (Å²) < 4.78 is 7.98. The smallest absolute Gasteiger partial charge is 0.309 e. The Morgan fingerprint density at radius 1 is 1.32 bits per heavy atom. The number of aromatic nitrogens is 1. The second-order valence-corrected chi connectivity index (χ2v) is 10.7. The third-order valence-corrected chi connectivity index (χ3v) is 7.96. The third kappa shape index (κ3) is 4.12. The van der Waals surface area contributed by atoms with Crippen LogP contribution in [0.25, 0.3) is 0 Å². The number of rotatable bonds is 5. The first kappa shape index (κ1) is 22.9. The lowest BCUT2D eigenvalue weighted by Crippen LogP contribution is -2.42. The minimum Gasteiger partial charge on any atom is -0.469 e. The van der Waals surface area contributed by atoms with E-state index in [0.29, 0.717) is 12.8 Å². The molecule has 1 aliphatic carbocycles. The Balaban J connectivity index is 2.45. The molecule has 0 saturated heterocycles. The van der Waals surface area contributed by atoms with Crippen LogP contribution in [0.15, 0.2) is 11.2 Å².